The van der Waals surface area contributed by atoms with Crippen LogP contribution in [0.5, 0.6) is 0 Å². The van der Waals surface area contributed by atoms with E-state index in [1.54, 1.807) is 5.57 Å². The van der Waals surface area contributed by atoms with E-state index >= 15 is 0 Å². The third-order valence-corrected chi connectivity index (χ3v) is 11.4. The number of ketones is 1. The summed E-state index contributed by atoms with van der Waals surface area (Å²) in [4.78, 5) is 15.7. The molecule has 0 radical (unpaired) electrons. The van der Waals surface area contributed by atoms with Crippen molar-refractivity contribution in [1.29, 1.82) is 0 Å². The Labute approximate surface area is 279 Å². The first-order valence-corrected chi connectivity index (χ1v) is 18.1. The van der Waals surface area contributed by atoms with Crippen LogP contribution in [0.1, 0.15) is 125 Å². The second kappa shape index (κ2) is 14.2. The van der Waals surface area contributed by atoms with Gasteiger partial charge in [0.15, 0.2) is 0 Å². The van der Waals surface area contributed by atoms with Gasteiger partial charge in [-0.2, -0.15) is 0 Å². The summed E-state index contributed by atoms with van der Waals surface area (Å²) >= 11 is 0. The zero-order valence-corrected chi connectivity index (χ0v) is 28.9. The largest absolute Gasteiger partial charge is 0.371 e. The van der Waals surface area contributed by atoms with E-state index in [0.29, 0.717) is 23.0 Å². The molecule has 2 nitrogen and oxygen atoms in total. The highest BCUT2D eigenvalue weighted by molar-refractivity contribution is 5.84. The molecule has 3 aliphatic rings. The standard InChI is InChI=1S/C44H55NO/c1-31-14-16-36(17-15-31)42(35-10-7-6-8-11-35)37-20-18-34(19-21-37)32(2)28-33(3)39-12-9-13-41(29-39)45-26-23-38(24-27-45)43(46)40-22-25-44(4,5)30-40/h9,12-21,29,32,38,40H,3,6-8,10-11,22-28,30H2,1-2,4-5H3/t32-,40?/m0/s1. The van der Waals surface area contributed by atoms with Gasteiger partial charge in [0.2, 0.25) is 0 Å². The molecule has 2 aliphatic carbocycles. The Morgan fingerprint density at radius 3 is 2.13 bits per heavy atom. The van der Waals surface area contributed by atoms with Gasteiger partial charge in [-0.1, -0.05) is 106 Å². The quantitative estimate of drug-likeness (QED) is 0.239. The molecule has 242 valence electrons. The molecule has 0 bridgehead atoms. The Morgan fingerprint density at radius 1 is 0.848 bits per heavy atom. The number of piperidine rings is 1. The van der Waals surface area contributed by atoms with Gasteiger partial charge in [-0.05, 0) is 128 Å². The van der Waals surface area contributed by atoms with Gasteiger partial charge in [0, 0.05) is 30.6 Å². The molecule has 2 atom stereocenters. The SMILES string of the molecule is C=C(C[C@H](C)c1ccc(C(=C2CCCCC2)c2ccc(C)cc2)cc1)c1cccc(N2CCC(C(=O)C3CCC(C)(C)C3)CC2)c1. The Kier molecular flexibility index (Phi) is 10.0. The Bertz CT molecular complexity index is 1540. The normalized spacial score (nSPS) is 20.8. The van der Waals surface area contributed by atoms with Crippen LogP contribution in [-0.4, -0.2) is 18.9 Å². The van der Waals surface area contributed by atoms with Crippen LogP contribution in [0.25, 0.3) is 11.1 Å². The van der Waals surface area contributed by atoms with Crippen molar-refractivity contribution < 1.29 is 4.79 Å². The van der Waals surface area contributed by atoms with Gasteiger partial charge in [0.05, 0.1) is 0 Å². The third kappa shape index (κ3) is 7.59. The number of allylic oxidation sites excluding steroid dienone is 2. The minimum absolute atomic E-state index is 0.243. The maximum absolute atomic E-state index is 13.3. The van der Waals surface area contributed by atoms with E-state index in [1.807, 2.05) is 0 Å². The van der Waals surface area contributed by atoms with Crippen molar-refractivity contribution in [1.82, 2.24) is 0 Å². The minimum atomic E-state index is 0.243. The van der Waals surface area contributed by atoms with Gasteiger partial charge in [-0.25, -0.2) is 0 Å². The highest BCUT2D eigenvalue weighted by atomic mass is 16.1. The van der Waals surface area contributed by atoms with Crippen molar-refractivity contribution in [2.75, 3.05) is 18.0 Å². The molecule has 0 spiro atoms. The van der Waals surface area contributed by atoms with Gasteiger partial charge < -0.3 is 4.90 Å². The number of Topliss-reactive ketones (excluding diaryl/α,β-unsaturated/α-hetero) is 1. The van der Waals surface area contributed by atoms with Crippen LogP contribution < -0.4 is 4.90 Å². The maximum Gasteiger partial charge on any atom is 0.139 e. The van der Waals surface area contributed by atoms with Crippen molar-refractivity contribution in [3.05, 3.63) is 113 Å². The average molecular weight is 614 g/mol. The molecule has 1 heterocycles. The number of anilines is 1. The van der Waals surface area contributed by atoms with E-state index in [0.717, 1.165) is 45.2 Å². The van der Waals surface area contributed by atoms with Gasteiger partial charge in [0.25, 0.3) is 0 Å². The average Bonchev–Trinajstić information content (AvgIpc) is 3.45. The minimum Gasteiger partial charge on any atom is -0.371 e. The summed E-state index contributed by atoms with van der Waals surface area (Å²) in [5.74, 6) is 1.47. The number of carbonyl (C=O) groups is 1. The van der Waals surface area contributed by atoms with Crippen molar-refractivity contribution in [2.24, 2.45) is 17.3 Å². The van der Waals surface area contributed by atoms with Crippen molar-refractivity contribution in [2.45, 2.75) is 104 Å². The lowest BCUT2D eigenvalue weighted by Crippen LogP contribution is -2.38. The lowest BCUT2D eigenvalue weighted by Gasteiger charge is -2.34. The number of hydrogen-bond acceptors (Lipinski definition) is 2. The van der Waals surface area contributed by atoms with Gasteiger partial charge in [-0.15, -0.1) is 0 Å². The van der Waals surface area contributed by atoms with Crippen LogP contribution in [0.2, 0.25) is 0 Å². The smallest absolute Gasteiger partial charge is 0.139 e. The molecule has 46 heavy (non-hydrogen) atoms. The first-order valence-electron chi connectivity index (χ1n) is 18.1. The summed E-state index contributed by atoms with van der Waals surface area (Å²) in [6.07, 6.45) is 12.7. The lowest BCUT2D eigenvalue weighted by molar-refractivity contribution is -0.127. The van der Waals surface area contributed by atoms with E-state index in [2.05, 4.69) is 112 Å². The van der Waals surface area contributed by atoms with Crippen LogP contribution in [0.4, 0.5) is 5.69 Å². The number of benzene rings is 3. The highest BCUT2D eigenvalue weighted by Gasteiger charge is 2.38. The molecular weight excluding hydrogens is 558 g/mol. The van der Waals surface area contributed by atoms with Gasteiger partial charge >= 0.3 is 0 Å². The van der Waals surface area contributed by atoms with Crippen molar-refractivity contribution in [3.8, 4) is 0 Å². The predicted octanol–water partition coefficient (Wildman–Crippen LogP) is 11.6. The molecule has 0 N–H and O–H groups in total. The number of aryl methyl sites for hydroxylation is 1. The summed E-state index contributed by atoms with van der Waals surface area (Å²) in [5.41, 5.74) is 12.5. The summed E-state index contributed by atoms with van der Waals surface area (Å²) in [6.45, 7) is 15.6. The molecule has 1 saturated heterocycles. The first kappa shape index (κ1) is 32.5. The van der Waals surface area contributed by atoms with Gasteiger partial charge in [0.1, 0.15) is 5.78 Å². The molecule has 2 saturated carbocycles. The zero-order valence-electron chi connectivity index (χ0n) is 28.9. The molecule has 3 aromatic rings. The second-order valence-electron chi connectivity index (χ2n) is 15.6. The Hall–Kier alpha value is -3.39. The summed E-state index contributed by atoms with van der Waals surface area (Å²) < 4.78 is 0. The first-order chi connectivity index (χ1) is 22.2. The monoisotopic (exact) mass is 613 g/mol. The van der Waals surface area contributed by atoms with E-state index in [-0.39, 0.29) is 5.92 Å². The number of carbonyl (C=O) groups excluding carboxylic acids is 1. The maximum atomic E-state index is 13.3. The summed E-state index contributed by atoms with van der Waals surface area (Å²) in [6, 6.07) is 27.5. The topological polar surface area (TPSA) is 20.3 Å². The molecule has 1 unspecified atom stereocenters. The lowest BCUT2D eigenvalue weighted by atomic mass is 9.82. The van der Waals surface area contributed by atoms with E-state index in [4.69, 9.17) is 0 Å². The van der Waals surface area contributed by atoms with Crippen LogP contribution >= 0.6 is 0 Å². The number of nitrogens with zero attached hydrogens (tertiary/aromatic N) is 1. The molecule has 2 heteroatoms. The van der Waals surface area contributed by atoms with Crippen LogP contribution in [0.3, 0.4) is 0 Å². The molecule has 0 aromatic heterocycles. The van der Waals surface area contributed by atoms with Gasteiger partial charge in [-0.3, -0.25) is 4.79 Å². The predicted molar refractivity (Wildman–Crippen MR) is 196 cm³/mol. The van der Waals surface area contributed by atoms with E-state index in [9.17, 15) is 4.79 Å². The molecule has 3 fully saturated rings. The van der Waals surface area contributed by atoms with Crippen molar-refractivity contribution >= 4 is 22.6 Å². The Morgan fingerprint density at radius 2 is 1.50 bits per heavy atom. The fourth-order valence-electron chi connectivity index (χ4n) is 8.46. The molecular formula is C44H55NO. The Balaban J connectivity index is 1.08. The number of hydrogen-bond donors (Lipinski definition) is 0. The zero-order chi connectivity index (χ0) is 32.3. The van der Waals surface area contributed by atoms with Crippen molar-refractivity contribution in [3.63, 3.8) is 0 Å². The van der Waals surface area contributed by atoms with E-state index in [1.165, 1.54) is 83.2 Å². The van der Waals surface area contributed by atoms with E-state index < -0.39 is 0 Å². The molecule has 1 aliphatic heterocycles. The number of rotatable bonds is 9. The molecule has 6 rings (SSSR count). The third-order valence-electron chi connectivity index (χ3n) is 11.4. The summed E-state index contributed by atoms with van der Waals surface area (Å²) in [7, 11) is 0. The fourth-order valence-corrected chi connectivity index (χ4v) is 8.46. The summed E-state index contributed by atoms with van der Waals surface area (Å²) in [5, 5.41) is 0. The van der Waals surface area contributed by atoms with Crippen LogP contribution in [-0.2, 0) is 4.79 Å². The molecule has 0 amide bonds. The fraction of sp³-hybridized carbons (Fsp3) is 0.477. The second-order valence-corrected chi connectivity index (χ2v) is 15.6. The van der Waals surface area contributed by atoms with Crippen LogP contribution in [0.15, 0.2) is 84.9 Å². The van der Waals surface area contributed by atoms with Crippen LogP contribution in [0, 0.1) is 24.2 Å². The molecule has 3 aromatic carbocycles. The highest BCUT2D eigenvalue weighted by Crippen LogP contribution is 2.43.